The molecule has 22 heavy (non-hydrogen) atoms. The van der Waals surface area contributed by atoms with Crippen LogP contribution >= 0.6 is 0 Å². The number of aryl methyl sites for hydroxylation is 4. The van der Waals surface area contributed by atoms with Crippen molar-refractivity contribution in [2.45, 2.75) is 39.5 Å². The molecule has 0 saturated carbocycles. The summed E-state index contributed by atoms with van der Waals surface area (Å²) in [6.07, 6.45) is 4.39. The van der Waals surface area contributed by atoms with E-state index < -0.39 is 0 Å². The summed E-state index contributed by atoms with van der Waals surface area (Å²) in [5.74, 6) is 1.31. The molecule has 0 bridgehead atoms. The van der Waals surface area contributed by atoms with E-state index >= 15 is 0 Å². The standard InChI is InChI=1S/C17H22N4O/c1-11-16(12(2)22-21-11)8-9-19-17(18)20-15-7-6-13-4-3-5-14(13)10-15/h6-7,10H,3-5,8-9H2,1-2H3,(H3,18,19,20). The van der Waals surface area contributed by atoms with Crippen LogP contribution in [0.3, 0.4) is 0 Å². The van der Waals surface area contributed by atoms with Gasteiger partial charge in [0.15, 0.2) is 5.96 Å². The van der Waals surface area contributed by atoms with Crippen LogP contribution < -0.4 is 11.1 Å². The highest BCUT2D eigenvalue weighted by Gasteiger charge is 2.11. The van der Waals surface area contributed by atoms with Gasteiger partial charge >= 0.3 is 0 Å². The lowest BCUT2D eigenvalue weighted by Gasteiger charge is -2.08. The summed E-state index contributed by atoms with van der Waals surface area (Å²) in [6.45, 7) is 4.49. The van der Waals surface area contributed by atoms with Crippen molar-refractivity contribution in [3.63, 3.8) is 0 Å². The van der Waals surface area contributed by atoms with Gasteiger partial charge in [0.1, 0.15) is 5.76 Å². The van der Waals surface area contributed by atoms with E-state index in [1.165, 1.54) is 24.0 Å². The number of hydrogen-bond donors (Lipinski definition) is 2. The molecule has 0 aliphatic heterocycles. The normalized spacial score (nSPS) is 14.2. The van der Waals surface area contributed by atoms with E-state index in [1.54, 1.807) is 0 Å². The molecule has 0 spiro atoms. The molecule has 1 aliphatic rings. The Morgan fingerprint density at radius 1 is 1.32 bits per heavy atom. The zero-order chi connectivity index (χ0) is 15.5. The molecule has 2 aromatic rings. The zero-order valence-electron chi connectivity index (χ0n) is 13.1. The Bertz CT molecular complexity index is 683. The van der Waals surface area contributed by atoms with Crippen LogP contribution in [0.5, 0.6) is 0 Å². The van der Waals surface area contributed by atoms with Crippen molar-refractivity contribution in [1.82, 2.24) is 5.16 Å². The topological polar surface area (TPSA) is 76.4 Å². The predicted molar refractivity (Wildman–Crippen MR) is 88.3 cm³/mol. The average molecular weight is 298 g/mol. The van der Waals surface area contributed by atoms with Gasteiger partial charge in [-0.1, -0.05) is 11.2 Å². The third-order valence-corrected chi connectivity index (χ3v) is 4.20. The van der Waals surface area contributed by atoms with Crippen LogP contribution in [-0.2, 0) is 19.3 Å². The molecule has 3 rings (SSSR count). The molecule has 1 heterocycles. The third kappa shape index (κ3) is 3.13. The van der Waals surface area contributed by atoms with Gasteiger partial charge in [-0.2, -0.15) is 0 Å². The van der Waals surface area contributed by atoms with E-state index in [9.17, 15) is 0 Å². The van der Waals surface area contributed by atoms with Crippen LogP contribution in [0.2, 0.25) is 0 Å². The highest BCUT2D eigenvalue weighted by Crippen LogP contribution is 2.24. The van der Waals surface area contributed by atoms with E-state index in [-0.39, 0.29) is 0 Å². The van der Waals surface area contributed by atoms with Crippen molar-refractivity contribution in [2.24, 2.45) is 10.7 Å². The van der Waals surface area contributed by atoms with Crippen molar-refractivity contribution in [2.75, 3.05) is 11.9 Å². The highest BCUT2D eigenvalue weighted by atomic mass is 16.5. The second-order valence-electron chi connectivity index (χ2n) is 5.78. The van der Waals surface area contributed by atoms with Crippen molar-refractivity contribution in [3.8, 4) is 0 Å². The second-order valence-corrected chi connectivity index (χ2v) is 5.78. The molecule has 116 valence electrons. The van der Waals surface area contributed by atoms with Crippen molar-refractivity contribution in [3.05, 3.63) is 46.3 Å². The largest absolute Gasteiger partial charge is 0.370 e. The minimum absolute atomic E-state index is 0.449. The maximum Gasteiger partial charge on any atom is 0.193 e. The summed E-state index contributed by atoms with van der Waals surface area (Å²) in [5, 5.41) is 7.11. The minimum atomic E-state index is 0.449. The molecule has 0 amide bonds. The Kier molecular flexibility index (Phi) is 4.13. The first-order chi connectivity index (χ1) is 10.6. The number of rotatable bonds is 4. The monoisotopic (exact) mass is 298 g/mol. The first-order valence-corrected chi connectivity index (χ1v) is 7.74. The fourth-order valence-electron chi connectivity index (χ4n) is 2.98. The number of nitrogens with two attached hydrogens (primary N) is 1. The second kappa shape index (κ2) is 6.22. The van der Waals surface area contributed by atoms with Crippen LogP contribution in [-0.4, -0.2) is 17.7 Å². The first kappa shape index (κ1) is 14.6. The van der Waals surface area contributed by atoms with Crippen LogP contribution in [0.1, 0.15) is 34.6 Å². The van der Waals surface area contributed by atoms with Gasteiger partial charge in [0, 0.05) is 17.8 Å². The molecule has 3 N–H and O–H groups in total. The Morgan fingerprint density at radius 2 is 2.14 bits per heavy atom. The van der Waals surface area contributed by atoms with Gasteiger partial charge in [-0.05, 0) is 62.8 Å². The number of nitrogens with zero attached hydrogens (tertiary/aromatic N) is 2. The summed E-state index contributed by atoms with van der Waals surface area (Å²) in [4.78, 5) is 4.38. The zero-order valence-corrected chi connectivity index (χ0v) is 13.1. The van der Waals surface area contributed by atoms with Gasteiger partial charge < -0.3 is 15.6 Å². The van der Waals surface area contributed by atoms with Crippen molar-refractivity contribution < 1.29 is 4.52 Å². The highest BCUT2D eigenvalue weighted by molar-refractivity contribution is 5.92. The molecule has 1 aliphatic carbocycles. The molecule has 0 atom stereocenters. The van der Waals surface area contributed by atoms with Gasteiger partial charge in [-0.15, -0.1) is 0 Å². The van der Waals surface area contributed by atoms with E-state index in [0.29, 0.717) is 12.5 Å². The molecule has 5 heteroatoms. The third-order valence-electron chi connectivity index (χ3n) is 4.20. The molecule has 0 unspecified atom stereocenters. The lowest BCUT2D eigenvalue weighted by atomic mass is 10.1. The summed E-state index contributed by atoms with van der Waals surface area (Å²) in [5.41, 5.74) is 11.9. The van der Waals surface area contributed by atoms with Gasteiger partial charge in [-0.3, -0.25) is 4.99 Å². The number of anilines is 1. The molecule has 0 fully saturated rings. The lowest BCUT2D eigenvalue weighted by molar-refractivity contribution is 0.392. The number of aromatic nitrogens is 1. The lowest BCUT2D eigenvalue weighted by Crippen LogP contribution is -2.23. The van der Waals surface area contributed by atoms with Crippen LogP contribution in [0.25, 0.3) is 0 Å². The molecule has 0 saturated heterocycles. The maximum atomic E-state index is 5.97. The molecule has 1 aromatic heterocycles. The molecule has 5 nitrogen and oxygen atoms in total. The Balaban J connectivity index is 1.58. The number of guanidine groups is 1. The van der Waals surface area contributed by atoms with Gasteiger partial charge in [-0.25, -0.2) is 0 Å². The summed E-state index contributed by atoms with van der Waals surface area (Å²) in [6, 6.07) is 6.43. The van der Waals surface area contributed by atoms with Gasteiger partial charge in [0.05, 0.1) is 5.69 Å². The van der Waals surface area contributed by atoms with Crippen LogP contribution in [0, 0.1) is 13.8 Å². The number of hydrogen-bond acceptors (Lipinski definition) is 3. The number of aliphatic imine (C=N–C) groups is 1. The molecular weight excluding hydrogens is 276 g/mol. The Labute approximate surface area is 130 Å². The van der Waals surface area contributed by atoms with Crippen LogP contribution in [0.15, 0.2) is 27.7 Å². The van der Waals surface area contributed by atoms with Gasteiger partial charge in [0.25, 0.3) is 0 Å². The SMILES string of the molecule is Cc1noc(C)c1CCN=C(N)Nc1ccc2c(c1)CCC2. The van der Waals surface area contributed by atoms with E-state index in [4.69, 9.17) is 10.3 Å². The minimum Gasteiger partial charge on any atom is -0.370 e. The first-order valence-electron chi connectivity index (χ1n) is 7.74. The van der Waals surface area contributed by atoms with Crippen molar-refractivity contribution in [1.29, 1.82) is 0 Å². The van der Waals surface area contributed by atoms with Crippen LogP contribution in [0.4, 0.5) is 5.69 Å². The quantitative estimate of drug-likeness (QED) is 0.672. The van der Waals surface area contributed by atoms with Crippen molar-refractivity contribution >= 4 is 11.6 Å². The Hall–Kier alpha value is -2.30. The summed E-state index contributed by atoms with van der Waals surface area (Å²) in [7, 11) is 0. The van der Waals surface area contributed by atoms with E-state index in [1.807, 2.05) is 13.8 Å². The van der Waals surface area contributed by atoms with E-state index in [2.05, 4.69) is 33.7 Å². The predicted octanol–water partition coefficient (Wildman–Crippen LogP) is 2.75. The van der Waals surface area contributed by atoms with E-state index in [0.717, 1.165) is 35.5 Å². The number of fused-ring (bicyclic) bond motifs is 1. The summed E-state index contributed by atoms with van der Waals surface area (Å²) >= 11 is 0. The Morgan fingerprint density at radius 3 is 2.91 bits per heavy atom. The molecule has 1 aromatic carbocycles. The number of nitrogens with one attached hydrogen (secondary N) is 1. The fourth-order valence-corrected chi connectivity index (χ4v) is 2.98. The fraction of sp³-hybridized carbons (Fsp3) is 0.412. The summed E-state index contributed by atoms with van der Waals surface area (Å²) < 4.78 is 5.15. The average Bonchev–Trinajstić information content (AvgIpc) is 3.07. The smallest absolute Gasteiger partial charge is 0.193 e. The maximum absolute atomic E-state index is 5.97. The van der Waals surface area contributed by atoms with Gasteiger partial charge in [0.2, 0.25) is 0 Å². The molecule has 0 radical (unpaired) electrons. The molecular formula is C17H22N4O. The number of benzene rings is 1.